The maximum Gasteiger partial charge on any atom is 0.225 e. The van der Waals surface area contributed by atoms with Crippen molar-refractivity contribution in [2.45, 2.75) is 26.3 Å². The number of pyridine rings is 1. The van der Waals surface area contributed by atoms with Gasteiger partial charge in [0.05, 0.1) is 5.69 Å². The SMILES string of the molecule is Cc1cccnc1CN1CCN(C(=O)C2CC2)CC1. The van der Waals surface area contributed by atoms with Crippen molar-refractivity contribution in [2.75, 3.05) is 26.2 Å². The van der Waals surface area contributed by atoms with Crippen molar-refractivity contribution < 1.29 is 4.79 Å². The lowest BCUT2D eigenvalue weighted by molar-refractivity contribution is -0.134. The normalized spacial score (nSPS) is 20.6. The van der Waals surface area contributed by atoms with E-state index in [1.807, 2.05) is 17.2 Å². The third kappa shape index (κ3) is 2.95. The van der Waals surface area contributed by atoms with E-state index in [1.54, 1.807) is 0 Å². The minimum Gasteiger partial charge on any atom is -0.340 e. The summed E-state index contributed by atoms with van der Waals surface area (Å²) < 4.78 is 0. The van der Waals surface area contributed by atoms with Crippen LogP contribution in [0.25, 0.3) is 0 Å². The lowest BCUT2D eigenvalue weighted by Crippen LogP contribution is -2.48. The van der Waals surface area contributed by atoms with Crippen LogP contribution in [0.2, 0.25) is 0 Å². The molecule has 1 saturated heterocycles. The smallest absolute Gasteiger partial charge is 0.225 e. The van der Waals surface area contributed by atoms with Gasteiger partial charge in [0.1, 0.15) is 0 Å². The monoisotopic (exact) mass is 259 g/mol. The van der Waals surface area contributed by atoms with Crippen LogP contribution in [0.5, 0.6) is 0 Å². The summed E-state index contributed by atoms with van der Waals surface area (Å²) in [7, 11) is 0. The van der Waals surface area contributed by atoms with E-state index in [1.165, 1.54) is 5.56 Å². The van der Waals surface area contributed by atoms with E-state index in [9.17, 15) is 4.79 Å². The van der Waals surface area contributed by atoms with Crippen molar-refractivity contribution >= 4 is 5.91 Å². The Morgan fingerprint density at radius 1 is 1.32 bits per heavy atom. The third-order valence-electron chi connectivity index (χ3n) is 4.10. The first-order chi connectivity index (χ1) is 9.24. The summed E-state index contributed by atoms with van der Waals surface area (Å²) >= 11 is 0. The molecule has 1 aliphatic carbocycles. The molecule has 102 valence electrons. The summed E-state index contributed by atoms with van der Waals surface area (Å²) in [4.78, 5) is 20.9. The summed E-state index contributed by atoms with van der Waals surface area (Å²) in [6, 6.07) is 4.08. The number of carbonyl (C=O) groups is 1. The molecule has 0 unspecified atom stereocenters. The predicted octanol–water partition coefficient (Wildman–Crippen LogP) is 1.44. The number of hydrogen-bond acceptors (Lipinski definition) is 3. The average molecular weight is 259 g/mol. The Bertz CT molecular complexity index is 462. The van der Waals surface area contributed by atoms with Crippen LogP contribution in [-0.2, 0) is 11.3 Å². The van der Waals surface area contributed by atoms with Gasteiger partial charge in [-0.15, -0.1) is 0 Å². The Kier molecular flexibility index (Phi) is 3.51. The number of carbonyl (C=O) groups excluding carboxylic acids is 1. The molecular weight excluding hydrogens is 238 g/mol. The molecule has 2 fully saturated rings. The number of rotatable bonds is 3. The van der Waals surface area contributed by atoms with Gasteiger partial charge in [0.2, 0.25) is 5.91 Å². The zero-order chi connectivity index (χ0) is 13.2. The molecule has 3 rings (SSSR count). The van der Waals surface area contributed by atoms with Crippen LogP contribution >= 0.6 is 0 Å². The Balaban J connectivity index is 1.53. The van der Waals surface area contributed by atoms with Gasteiger partial charge >= 0.3 is 0 Å². The molecule has 0 spiro atoms. The minimum absolute atomic E-state index is 0.351. The summed E-state index contributed by atoms with van der Waals surface area (Å²) in [5.41, 5.74) is 2.41. The number of aryl methyl sites for hydroxylation is 1. The Morgan fingerprint density at radius 2 is 2.05 bits per heavy atom. The van der Waals surface area contributed by atoms with Gasteiger partial charge in [0.25, 0.3) is 0 Å². The van der Waals surface area contributed by atoms with E-state index >= 15 is 0 Å². The van der Waals surface area contributed by atoms with Crippen LogP contribution < -0.4 is 0 Å². The number of amides is 1. The fourth-order valence-corrected chi connectivity index (χ4v) is 2.61. The van der Waals surface area contributed by atoms with Crippen LogP contribution in [0.15, 0.2) is 18.3 Å². The largest absolute Gasteiger partial charge is 0.340 e. The average Bonchev–Trinajstić information content (AvgIpc) is 3.26. The van der Waals surface area contributed by atoms with Gasteiger partial charge in [-0.25, -0.2) is 0 Å². The molecule has 0 N–H and O–H groups in total. The van der Waals surface area contributed by atoms with Crippen LogP contribution in [0.4, 0.5) is 0 Å². The lowest BCUT2D eigenvalue weighted by atomic mass is 10.2. The van der Waals surface area contributed by atoms with Crippen molar-refractivity contribution in [1.29, 1.82) is 0 Å². The second-order valence-electron chi connectivity index (χ2n) is 5.64. The Hall–Kier alpha value is -1.42. The molecule has 0 radical (unpaired) electrons. The molecule has 0 atom stereocenters. The van der Waals surface area contributed by atoms with Gasteiger partial charge < -0.3 is 4.90 Å². The molecule has 0 bridgehead atoms. The van der Waals surface area contributed by atoms with Crippen LogP contribution in [0.3, 0.4) is 0 Å². The van der Waals surface area contributed by atoms with Gasteiger partial charge in [-0.3, -0.25) is 14.7 Å². The highest BCUT2D eigenvalue weighted by molar-refractivity contribution is 5.81. The van der Waals surface area contributed by atoms with Gasteiger partial charge in [-0.1, -0.05) is 6.07 Å². The van der Waals surface area contributed by atoms with E-state index in [4.69, 9.17) is 0 Å². The molecule has 4 nitrogen and oxygen atoms in total. The molecular formula is C15H21N3O. The molecule has 2 heterocycles. The minimum atomic E-state index is 0.351. The highest BCUT2D eigenvalue weighted by Crippen LogP contribution is 2.31. The van der Waals surface area contributed by atoms with Gasteiger partial charge in [-0.05, 0) is 31.4 Å². The quantitative estimate of drug-likeness (QED) is 0.824. The van der Waals surface area contributed by atoms with E-state index in [-0.39, 0.29) is 0 Å². The van der Waals surface area contributed by atoms with E-state index in [2.05, 4.69) is 22.9 Å². The van der Waals surface area contributed by atoms with Gasteiger partial charge in [-0.2, -0.15) is 0 Å². The molecule has 1 aromatic heterocycles. The molecule has 1 aliphatic heterocycles. The molecule has 1 amide bonds. The van der Waals surface area contributed by atoms with Crippen LogP contribution in [-0.4, -0.2) is 46.9 Å². The summed E-state index contributed by atoms with van der Waals surface area (Å²) in [6.45, 7) is 6.69. The highest BCUT2D eigenvalue weighted by Gasteiger charge is 2.34. The molecule has 2 aliphatic rings. The number of nitrogens with zero attached hydrogens (tertiary/aromatic N) is 3. The van der Waals surface area contributed by atoms with E-state index in [0.29, 0.717) is 11.8 Å². The zero-order valence-electron chi connectivity index (χ0n) is 11.5. The molecule has 1 aromatic rings. The third-order valence-corrected chi connectivity index (χ3v) is 4.10. The number of hydrogen-bond donors (Lipinski definition) is 0. The summed E-state index contributed by atoms with van der Waals surface area (Å²) in [5, 5.41) is 0. The molecule has 4 heteroatoms. The van der Waals surface area contributed by atoms with Gasteiger partial charge in [0, 0.05) is 44.8 Å². The van der Waals surface area contributed by atoms with Gasteiger partial charge in [0.15, 0.2) is 0 Å². The molecule has 19 heavy (non-hydrogen) atoms. The maximum absolute atomic E-state index is 12.0. The molecule has 0 aromatic carbocycles. The number of aromatic nitrogens is 1. The summed E-state index contributed by atoms with van der Waals surface area (Å²) in [5.74, 6) is 0.734. The van der Waals surface area contributed by atoms with E-state index in [0.717, 1.165) is 51.3 Å². The van der Waals surface area contributed by atoms with Crippen LogP contribution in [0, 0.1) is 12.8 Å². The second-order valence-corrected chi connectivity index (χ2v) is 5.64. The first-order valence-corrected chi connectivity index (χ1v) is 7.15. The Labute approximate surface area is 114 Å². The van der Waals surface area contributed by atoms with Crippen LogP contribution in [0.1, 0.15) is 24.1 Å². The highest BCUT2D eigenvalue weighted by atomic mass is 16.2. The lowest BCUT2D eigenvalue weighted by Gasteiger charge is -2.34. The van der Waals surface area contributed by atoms with Crippen molar-refractivity contribution in [3.63, 3.8) is 0 Å². The molecule has 1 saturated carbocycles. The fourth-order valence-electron chi connectivity index (χ4n) is 2.61. The first kappa shape index (κ1) is 12.6. The topological polar surface area (TPSA) is 36.4 Å². The van der Waals surface area contributed by atoms with E-state index < -0.39 is 0 Å². The summed E-state index contributed by atoms with van der Waals surface area (Å²) in [6.07, 6.45) is 4.06. The predicted molar refractivity (Wildman–Crippen MR) is 73.6 cm³/mol. The van der Waals surface area contributed by atoms with Crippen molar-refractivity contribution in [2.24, 2.45) is 5.92 Å². The number of piperazine rings is 1. The second kappa shape index (κ2) is 5.29. The standard InChI is InChI=1S/C15H21N3O/c1-12-3-2-6-16-14(12)11-17-7-9-18(10-8-17)15(19)13-4-5-13/h2-3,6,13H,4-5,7-11H2,1H3. The van der Waals surface area contributed by atoms with Crippen molar-refractivity contribution in [1.82, 2.24) is 14.8 Å². The fraction of sp³-hybridized carbons (Fsp3) is 0.600. The first-order valence-electron chi connectivity index (χ1n) is 7.15. The Morgan fingerprint density at radius 3 is 2.68 bits per heavy atom. The maximum atomic E-state index is 12.0. The van der Waals surface area contributed by atoms with Crippen molar-refractivity contribution in [3.8, 4) is 0 Å². The van der Waals surface area contributed by atoms with Crippen molar-refractivity contribution in [3.05, 3.63) is 29.6 Å². The zero-order valence-corrected chi connectivity index (χ0v) is 11.5.